The second-order valence-corrected chi connectivity index (χ2v) is 3.34. The van der Waals surface area contributed by atoms with Gasteiger partial charge in [0.15, 0.2) is 11.5 Å². The first-order valence-electron chi connectivity index (χ1n) is 4.56. The highest BCUT2D eigenvalue weighted by atomic mass is 19.1. The third kappa shape index (κ3) is 1.48. The van der Waals surface area contributed by atoms with E-state index in [1.807, 2.05) is 0 Å². The Morgan fingerprint density at radius 2 is 2.27 bits per heavy atom. The van der Waals surface area contributed by atoms with Crippen LogP contribution in [0.1, 0.15) is 18.5 Å². The van der Waals surface area contributed by atoms with Crippen molar-refractivity contribution in [2.45, 2.75) is 13.0 Å². The van der Waals surface area contributed by atoms with E-state index in [0.717, 1.165) is 0 Å². The molecule has 0 bridgehead atoms. The molecule has 1 unspecified atom stereocenters. The zero-order valence-corrected chi connectivity index (χ0v) is 8.54. The van der Waals surface area contributed by atoms with Crippen LogP contribution in [-0.4, -0.2) is 13.9 Å². The van der Waals surface area contributed by atoms with Crippen molar-refractivity contribution in [1.29, 1.82) is 0 Å². The van der Waals surface area contributed by atoms with Crippen molar-refractivity contribution in [2.75, 3.05) is 13.9 Å². The molecular formula is C10H12FNO3. The van der Waals surface area contributed by atoms with Gasteiger partial charge in [-0.2, -0.15) is 4.39 Å². The number of hydrogen-bond donors (Lipinski definition) is 1. The van der Waals surface area contributed by atoms with E-state index in [4.69, 9.17) is 19.9 Å². The Balaban J connectivity index is 2.61. The molecule has 0 saturated heterocycles. The van der Waals surface area contributed by atoms with E-state index in [9.17, 15) is 4.39 Å². The maximum absolute atomic E-state index is 13.8. The molecule has 1 heterocycles. The third-order valence-electron chi connectivity index (χ3n) is 2.28. The average Bonchev–Trinajstić information content (AvgIpc) is 2.65. The lowest BCUT2D eigenvalue weighted by Crippen LogP contribution is -2.08. The Hall–Kier alpha value is -1.49. The number of fused-ring (bicyclic) bond motifs is 1. The molecule has 0 fully saturated rings. The minimum absolute atomic E-state index is 0.0256. The third-order valence-corrected chi connectivity index (χ3v) is 2.28. The summed E-state index contributed by atoms with van der Waals surface area (Å²) in [6, 6.07) is 1.32. The molecule has 0 spiro atoms. The molecule has 2 N–H and O–H groups in total. The van der Waals surface area contributed by atoms with E-state index in [2.05, 4.69) is 0 Å². The maximum Gasteiger partial charge on any atom is 0.231 e. The molecular weight excluding hydrogens is 201 g/mol. The molecule has 1 aromatic carbocycles. The summed E-state index contributed by atoms with van der Waals surface area (Å²) in [7, 11) is 1.40. The molecule has 15 heavy (non-hydrogen) atoms. The Labute approximate surface area is 86.7 Å². The molecule has 0 radical (unpaired) electrons. The van der Waals surface area contributed by atoms with Crippen molar-refractivity contribution in [3.05, 3.63) is 17.4 Å². The highest BCUT2D eigenvalue weighted by Gasteiger charge is 2.26. The summed E-state index contributed by atoms with van der Waals surface area (Å²) in [5.41, 5.74) is 6.28. The summed E-state index contributed by atoms with van der Waals surface area (Å²) in [5, 5.41) is 0. The topological polar surface area (TPSA) is 53.7 Å². The predicted octanol–water partition coefficient (Wildman–Crippen LogP) is 1.58. The molecule has 82 valence electrons. The van der Waals surface area contributed by atoms with Gasteiger partial charge in [-0.1, -0.05) is 0 Å². The lowest BCUT2D eigenvalue weighted by atomic mass is 10.1. The number of hydrogen-bond acceptors (Lipinski definition) is 4. The minimum atomic E-state index is -0.556. The lowest BCUT2D eigenvalue weighted by Gasteiger charge is -2.13. The first-order chi connectivity index (χ1) is 7.15. The zero-order valence-electron chi connectivity index (χ0n) is 8.54. The van der Waals surface area contributed by atoms with Gasteiger partial charge in [0.25, 0.3) is 0 Å². The molecule has 4 nitrogen and oxygen atoms in total. The Morgan fingerprint density at radius 1 is 1.53 bits per heavy atom. The largest absolute Gasteiger partial charge is 0.493 e. The molecule has 1 atom stereocenters. The molecule has 1 aliphatic rings. The SMILES string of the molecule is COc1c(C(C)N)cc2c(c1F)OCO2. The van der Waals surface area contributed by atoms with Gasteiger partial charge in [-0.3, -0.25) is 0 Å². The van der Waals surface area contributed by atoms with E-state index >= 15 is 0 Å². The van der Waals surface area contributed by atoms with Crippen molar-refractivity contribution in [3.63, 3.8) is 0 Å². The number of halogens is 1. The van der Waals surface area contributed by atoms with Crippen LogP contribution in [0.25, 0.3) is 0 Å². The van der Waals surface area contributed by atoms with Gasteiger partial charge in [0.05, 0.1) is 7.11 Å². The van der Waals surface area contributed by atoms with Gasteiger partial charge in [0, 0.05) is 11.6 Å². The van der Waals surface area contributed by atoms with Crippen LogP contribution < -0.4 is 19.9 Å². The number of methoxy groups -OCH3 is 1. The van der Waals surface area contributed by atoms with E-state index in [1.54, 1.807) is 13.0 Å². The molecule has 0 saturated carbocycles. The fraction of sp³-hybridized carbons (Fsp3) is 0.400. The molecule has 2 rings (SSSR count). The molecule has 0 aliphatic carbocycles. The van der Waals surface area contributed by atoms with Crippen LogP contribution >= 0.6 is 0 Å². The van der Waals surface area contributed by atoms with Gasteiger partial charge in [-0.25, -0.2) is 0 Å². The summed E-state index contributed by atoms with van der Waals surface area (Å²) in [6.07, 6.45) is 0. The van der Waals surface area contributed by atoms with Crippen molar-refractivity contribution in [1.82, 2.24) is 0 Å². The van der Waals surface area contributed by atoms with Crippen molar-refractivity contribution in [2.24, 2.45) is 5.73 Å². The number of benzene rings is 1. The smallest absolute Gasteiger partial charge is 0.231 e. The predicted molar refractivity (Wildman–Crippen MR) is 51.7 cm³/mol. The maximum atomic E-state index is 13.8. The fourth-order valence-corrected chi connectivity index (χ4v) is 1.55. The summed E-state index contributed by atoms with van der Waals surface area (Å²) >= 11 is 0. The van der Waals surface area contributed by atoms with Gasteiger partial charge < -0.3 is 19.9 Å². The standard InChI is InChI=1S/C10H12FNO3/c1-5(12)6-3-7-10(15-4-14-7)8(11)9(6)13-2/h3,5H,4,12H2,1-2H3. The molecule has 0 amide bonds. The molecule has 0 aromatic heterocycles. The van der Waals surface area contributed by atoms with E-state index in [-0.39, 0.29) is 24.3 Å². The first-order valence-corrected chi connectivity index (χ1v) is 4.56. The van der Waals surface area contributed by atoms with Crippen LogP contribution in [0.2, 0.25) is 0 Å². The quantitative estimate of drug-likeness (QED) is 0.810. The van der Waals surface area contributed by atoms with Crippen LogP contribution in [0.4, 0.5) is 4.39 Å². The Kier molecular flexibility index (Phi) is 2.40. The van der Waals surface area contributed by atoms with Crippen molar-refractivity contribution >= 4 is 0 Å². The van der Waals surface area contributed by atoms with E-state index in [1.165, 1.54) is 7.11 Å². The Bertz CT molecular complexity index is 393. The molecule has 1 aromatic rings. The molecule has 1 aliphatic heterocycles. The van der Waals surface area contributed by atoms with Crippen LogP contribution in [0.15, 0.2) is 6.07 Å². The first kappa shape index (κ1) is 10.0. The van der Waals surface area contributed by atoms with Gasteiger partial charge in [-0.15, -0.1) is 0 Å². The summed E-state index contributed by atoms with van der Waals surface area (Å²) in [5.74, 6) is 0.0332. The van der Waals surface area contributed by atoms with Crippen LogP contribution in [0.5, 0.6) is 17.2 Å². The minimum Gasteiger partial charge on any atom is -0.493 e. The number of nitrogens with two attached hydrogens (primary N) is 1. The van der Waals surface area contributed by atoms with Crippen LogP contribution in [0.3, 0.4) is 0 Å². The number of ether oxygens (including phenoxy) is 3. The summed E-state index contributed by atoms with van der Waals surface area (Å²) in [6.45, 7) is 1.78. The number of rotatable bonds is 2. The highest BCUT2D eigenvalue weighted by molar-refractivity contribution is 5.54. The normalized spacial score (nSPS) is 15.2. The van der Waals surface area contributed by atoms with Gasteiger partial charge in [0.2, 0.25) is 18.4 Å². The van der Waals surface area contributed by atoms with Crippen LogP contribution in [0, 0.1) is 5.82 Å². The van der Waals surface area contributed by atoms with Crippen LogP contribution in [-0.2, 0) is 0 Å². The van der Waals surface area contributed by atoms with Crippen molar-refractivity contribution in [3.8, 4) is 17.2 Å². The van der Waals surface area contributed by atoms with E-state index in [0.29, 0.717) is 11.3 Å². The van der Waals surface area contributed by atoms with Crippen molar-refractivity contribution < 1.29 is 18.6 Å². The highest BCUT2D eigenvalue weighted by Crippen LogP contribution is 2.43. The average molecular weight is 213 g/mol. The van der Waals surface area contributed by atoms with Gasteiger partial charge >= 0.3 is 0 Å². The molecule has 5 heteroatoms. The monoisotopic (exact) mass is 213 g/mol. The lowest BCUT2D eigenvalue weighted by molar-refractivity contribution is 0.170. The van der Waals surface area contributed by atoms with Gasteiger partial charge in [-0.05, 0) is 13.0 Å². The second kappa shape index (κ2) is 3.58. The summed E-state index contributed by atoms with van der Waals surface area (Å²) in [4.78, 5) is 0. The second-order valence-electron chi connectivity index (χ2n) is 3.34. The fourth-order valence-electron chi connectivity index (χ4n) is 1.55. The van der Waals surface area contributed by atoms with E-state index < -0.39 is 5.82 Å². The van der Waals surface area contributed by atoms with Gasteiger partial charge in [0.1, 0.15) is 0 Å². The Morgan fingerprint density at radius 3 is 2.87 bits per heavy atom. The zero-order chi connectivity index (χ0) is 11.0. The summed E-state index contributed by atoms with van der Waals surface area (Å²) < 4.78 is 28.9.